The van der Waals surface area contributed by atoms with E-state index in [0.29, 0.717) is 22.6 Å². The molecule has 164 valence electrons. The van der Waals surface area contributed by atoms with Gasteiger partial charge in [-0.15, -0.1) is 0 Å². The topological polar surface area (TPSA) is 81.8 Å². The van der Waals surface area contributed by atoms with Gasteiger partial charge in [0.05, 0.1) is 18.2 Å². The number of rotatable bonds is 5. The predicted molar refractivity (Wildman–Crippen MR) is 116 cm³/mol. The summed E-state index contributed by atoms with van der Waals surface area (Å²) in [6.07, 6.45) is 6.24. The number of carbonyl (C=O) groups excluding carboxylic acids is 1. The summed E-state index contributed by atoms with van der Waals surface area (Å²) in [5.74, 6) is 0.185. The van der Waals surface area contributed by atoms with E-state index in [1.807, 2.05) is 0 Å². The van der Waals surface area contributed by atoms with Gasteiger partial charge in [0, 0.05) is 19.0 Å². The number of nitrogens with one attached hydrogen (secondary N) is 1. The Balaban J connectivity index is 1.44. The molecule has 1 aromatic carbocycles. The molecule has 0 spiro atoms. The quantitative estimate of drug-likeness (QED) is 0.679. The molecule has 2 atom stereocenters. The van der Waals surface area contributed by atoms with Crippen molar-refractivity contribution in [3.8, 4) is 5.69 Å². The van der Waals surface area contributed by atoms with Crippen molar-refractivity contribution in [2.45, 2.75) is 59.0 Å². The fourth-order valence-corrected chi connectivity index (χ4v) is 4.86. The summed E-state index contributed by atoms with van der Waals surface area (Å²) in [5, 5.41) is 7.73. The molecule has 1 aliphatic carbocycles. The third-order valence-corrected chi connectivity index (χ3v) is 5.96. The first-order valence-corrected chi connectivity index (χ1v) is 10.7. The summed E-state index contributed by atoms with van der Waals surface area (Å²) in [6.45, 7) is 6.97. The van der Waals surface area contributed by atoms with Crippen LogP contribution in [0.5, 0.6) is 0 Å². The van der Waals surface area contributed by atoms with Gasteiger partial charge < -0.3 is 5.32 Å². The third kappa shape index (κ3) is 4.68. The van der Waals surface area contributed by atoms with Gasteiger partial charge in [-0.1, -0.05) is 20.8 Å². The first kappa shape index (κ1) is 21.2. The van der Waals surface area contributed by atoms with Crippen LogP contribution < -0.4 is 10.9 Å². The SMILES string of the molecule is CC1CC(NC(=O)CCn2cnc3c(cnn3-c3ccc(F)cc3)c2=O)CC(C)(C)C1. The van der Waals surface area contributed by atoms with E-state index in [0.717, 1.165) is 12.8 Å². The van der Waals surface area contributed by atoms with E-state index in [9.17, 15) is 14.0 Å². The van der Waals surface area contributed by atoms with Crippen LogP contribution in [0, 0.1) is 17.2 Å². The highest BCUT2D eigenvalue weighted by Gasteiger charge is 2.32. The average Bonchev–Trinajstić information content (AvgIpc) is 3.11. The number of benzene rings is 1. The normalized spacial score (nSPS) is 20.6. The van der Waals surface area contributed by atoms with E-state index < -0.39 is 0 Å². The second-order valence-electron chi connectivity index (χ2n) is 9.44. The maximum atomic E-state index is 13.2. The zero-order chi connectivity index (χ0) is 22.2. The Kier molecular flexibility index (Phi) is 5.64. The molecule has 1 fully saturated rings. The lowest BCUT2D eigenvalue weighted by Gasteiger charge is -2.39. The molecule has 7 nitrogen and oxygen atoms in total. The van der Waals surface area contributed by atoms with Gasteiger partial charge in [-0.3, -0.25) is 14.2 Å². The van der Waals surface area contributed by atoms with Gasteiger partial charge >= 0.3 is 0 Å². The Morgan fingerprint density at radius 1 is 1.26 bits per heavy atom. The largest absolute Gasteiger partial charge is 0.353 e. The lowest BCUT2D eigenvalue weighted by Crippen LogP contribution is -2.43. The molecule has 3 aromatic rings. The molecule has 2 aromatic heterocycles. The molecule has 8 heteroatoms. The van der Waals surface area contributed by atoms with Crippen molar-refractivity contribution in [1.29, 1.82) is 0 Å². The monoisotopic (exact) mass is 425 g/mol. The number of hydrogen-bond donors (Lipinski definition) is 1. The van der Waals surface area contributed by atoms with Crippen LogP contribution in [0.15, 0.2) is 41.6 Å². The number of fused-ring (bicyclic) bond motifs is 1. The highest BCUT2D eigenvalue weighted by Crippen LogP contribution is 2.38. The summed E-state index contributed by atoms with van der Waals surface area (Å²) in [6, 6.07) is 5.99. The number of nitrogens with zero attached hydrogens (tertiary/aromatic N) is 4. The third-order valence-electron chi connectivity index (χ3n) is 5.96. The molecule has 0 aliphatic heterocycles. The lowest BCUT2D eigenvalue weighted by atomic mass is 9.70. The van der Waals surface area contributed by atoms with Crippen molar-refractivity contribution < 1.29 is 9.18 Å². The molecule has 0 bridgehead atoms. The van der Waals surface area contributed by atoms with E-state index in [1.54, 1.807) is 12.1 Å². The number of amides is 1. The van der Waals surface area contributed by atoms with Crippen LogP contribution in [0.3, 0.4) is 0 Å². The van der Waals surface area contributed by atoms with E-state index in [1.165, 1.54) is 40.3 Å². The highest BCUT2D eigenvalue weighted by molar-refractivity contribution is 5.76. The fourth-order valence-electron chi connectivity index (χ4n) is 4.86. The molecular weight excluding hydrogens is 397 g/mol. The van der Waals surface area contributed by atoms with Crippen molar-refractivity contribution in [3.05, 3.63) is 53.0 Å². The second kappa shape index (κ2) is 8.24. The standard InChI is InChI=1S/C23H28FN5O2/c1-15-10-17(12-23(2,3)11-15)27-20(30)8-9-28-14-25-21-19(22(28)31)13-26-29(21)18-6-4-16(24)5-7-18/h4-7,13-15,17H,8-12H2,1-3H3,(H,27,30). The van der Waals surface area contributed by atoms with Crippen molar-refractivity contribution in [3.63, 3.8) is 0 Å². The van der Waals surface area contributed by atoms with E-state index in [2.05, 4.69) is 36.2 Å². The minimum Gasteiger partial charge on any atom is -0.353 e. The number of carbonyl (C=O) groups is 1. The number of halogens is 1. The summed E-state index contributed by atoms with van der Waals surface area (Å²) >= 11 is 0. The maximum absolute atomic E-state index is 13.2. The van der Waals surface area contributed by atoms with Gasteiger partial charge in [0.15, 0.2) is 5.65 Å². The van der Waals surface area contributed by atoms with Gasteiger partial charge in [0.2, 0.25) is 5.91 Å². The summed E-state index contributed by atoms with van der Waals surface area (Å²) < 4.78 is 16.1. The van der Waals surface area contributed by atoms with Gasteiger partial charge in [0.1, 0.15) is 11.2 Å². The fraction of sp³-hybridized carbons (Fsp3) is 0.478. The zero-order valence-corrected chi connectivity index (χ0v) is 18.1. The Labute approximate surface area is 180 Å². The molecule has 2 unspecified atom stereocenters. The molecular formula is C23H28FN5O2. The summed E-state index contributed by atoms with van der Waals surface area (Å²) in [7, 11) is 0. The molecule has 31 heavy (non-hydrogen) atoms. The molecule has 4 rings (SSSR count). The van der Waals surface area contributed by atoms with Crippen LogP contribution in [0.2, 0.25) is 0 Å². The molecule has 1 saturated carbocycles. The maximum Gasteiger partial charge on any atom is 0.264 e. The van der Waals surface area contributed by atoms with Crippen LogP contribution in [0.1, 0.15) is 46.5 Å². The number of aryl methyl sites for hydroxylation is 1. The van der Waals surface area contributed by atoms with Gasteiger partial charge in [-0.05, 0) is 54.9 Å². The molecule has 1 amide bonds. The minimum absolute atomic E-state index is 0.0519. The van der Waals surface area contributed by atoms with Crippen LogP contribution in [-0.4, -0.2) is 31.3 Å². The minimum atomic E-state index is -0.347. The van der Waals surface area contributed by atoms with Crippen LogP contribution in [-0.2, 0) is 11.3 Å². The smallest absolute Gasteiger partial charge is 0.264 e. The van der Waals surface area contributed by atoms with Crippen LogP contribution >= 0.6 is 0 Å². The number of aromatic nitrogens is 4. The molecule has 0 radical (unpaired) electrons. The summed E-state index contributed by atoms with van der Waals surface area (Å²) in [4.78, 5) is 29.7. The van der Waals surface area contributed by atoms with E-state index in [4.69, 9.17) is 0 Å². The van der Waals surface area contributed by atoms with Crippen molar-refractivity contribution in [1.82, 2.24) is 24.6 Å². The van der Waals surface area contributed by atoms with Gasteiger partial charge in [-0.2, -0.15) is 5.10 Å². The summed E-state index contributed by atoms with van der Waals surface area (Å²) in [5.41, 5.74) is 0.992. The Hall–Kier alpha value is -3.03. The molecule has 1 N–H and O–H groups in total. The van der Waals surface area contributed by atoms with Crippen molar-refractivity contribution >= 4 is 16.9 Å². The van der Waals surface area contributed by atoms with Gasteiger partial charge in [-0.25, -0.2) is 14.1 Å². The molecule has 1 aliphatic rings. The van der Waals surface area contributed by atoms with E-state index >= 15 is 0 Å². The van der Waals surface area contributed by atoms with Crippen LogP contribution in [0.25, 0.3) is 16.7 Å². The average molecular weight is 426 g/mol. The Bertz CT molecular complexity index is 1150. The lowest BCUT2D eigenvalue weighted by molar-refractivity contribution is -0.122. The first-order chi connectivity index (χ1) is 14.7. The van der Waals surface area contributed by atoms with Crippen molar-refractivity contribution in [2.24, 2.45) is 11.3 Å². The van der Waals surface area contributed by atoms with Crippen molar-refractivity contribution in [2.75, 3.05) is 0 Å². The van der Waals surface area contributed by atoms with Gasteiger partial charge in [0.25, 0.3) is 5.56 Å². The zero-order valence-electron chi connectivity index (χ0n) is 18.1. The second-order valence-corrected chi connectivity index (χ2v) is 9.44. The Morgan fingerprint density at radius 3 is 2.71 bits per heavy atom. The molecule has 0 saturated heterocycles. The molecule has 2 heterocycles. The first-order valence-electron chi connectivity index (χ1n) is 10.7. The van der Waals surface area contributed by atoms with Crippen LogP contribution in [0.4, 0.5) is 4.39 Å². The van der Waals surface area contributed by atoms with E-state index in [-0.39, 0.29) is 41.7 Å². The highest BCUT2D eigenvalue weighted by atomic mass is 19.1. The predicted octanol–water partition coefficient (Wildman–Crippen LogP) is 3.44. The number of hydrogen-bond acceptors (Lipinski definition) is 4. The Morgan fingerprint density at radius 2 is 2.00 bits per heavy atom.